The molecule has 2 heterocycles. The van der Waals surface area contributed by atoms with Crippen LogP contribution in [0.1, 0.15) is 24.4 Å². The van der Waals surface area contributed by atoms with Gasteiger partial charge in [0, 0.05) is 12.1 Å². The first kappa shape index (κ1) is 21.3. The highest BCUT2D eigenvalue weighted by Gasteiger charge is 2.34. The minimum atomic E-state index is 0.0273. The smallest absolute Gasteiger partial charge is 0.278 e. The van der Waals surface area contributed by atoms with Crippen LogP contribution in [-0.4, -0.2) is 69.4 Å². The Balaban J connectivity index is 1.39. The minimum Gasteiger partial charge on any atom is -0.506 e. The topological polar surface area (TPSA) is 66.7 Å². The number of carbonyl (C=O) groups excluding carboxylic acids is 1. The molecule has 0 unspecified atom stereocenters. The number of carbonyl (C=O) groups is 1. The average molecular weight is 427 g/mol. The van der Waals surface area contributed by atoms with Crippen molar-refractivity contribution in [3.63, 3.8) is 0 Å². The largest absolute Gasteiger partial charge is 0.506 e. The van der Waals surface area contributed by atoms with Gasteiger partial charge in [0.05, 0.1) is 52.1 Å². The number of methoxy groups -OCH3 is 2. The lowest BCUT2D eigenvalue weighted by Crippen LogP contribution is -3.15. The summed E-state index contributed by atoms with van der Waals surface area (Å²) in [6.45, 7) is 4.68. The van der Waals surface area contributed by atoms with Crippen molar-refractivity contribution in [2.45, 2.75) is 18.9 Å². The lowest BCUT2D eigenvalue weighted by Gasteiger charge is -2.35. The molecule has 166 valence electrons. The molecule has 1 atom stereocenters. The number of quaternary nitrogens is 1. The number of nitrogens with one attached hydrogen (secondary N) is 1. The number of likely N-dealkylation sites (tertiary alicyclic amines) is 1. The van der Waals surface area contributed by atoms with Crippen molar-refractivity contribution < 1.29 is 24.3 Å². The Labute approximate surface area is 183 Å². The number of anilines is 1. The van der Waals surface area contributed by atoms with Crippen molar-refractivity contribution in [2.75, 3.05) is 58.4 Å². The summed E-state index contributed by atoms with van der Waals surface area (Å²) in [7, 11) is 3.32. The first-order valence-corrected chi connectivity index (χ1v) is 11.0. The van der Waals surface area contributed by atoms with E-state index in [1.807, 2.05) is 41.3 Å². The van der Waals surface area contributed by atoms with E-state index >= 15 is 0 Å². The number of nitrogens with zero attached hydrogens (tertiary/aromatic N) is 2. The lowest BCUT2D eigenvalue weighted by atomic mass is 10.0. The Hall–Kier alpha value is -2.93. The highest BCUT2D eigenvalue weighted by Crippen LogP contribution is 2.38. The number of hydrogen-bond donors (Lipinski definition) is 2. The number of piperazine rings is 1. The van der Waals surface area contributed by atoms with Crippen LogP contribution < -0.4 is 19.3 Å². The summed E-state index contributed by atoms with van der Waals surface area (Å²) >= 11 is 0. The molecule has 2 aliphatic rings. The number of amides is 1. The molecule has 1 amide bonds. The number of phenolic OH excluding ortho intramolecular Hbond substituents is 1. The maximum absolute atomic E-state index is 13.2. The van der Waals surface area contributed by atoms with Gasteiger partial charge >= 0.3 is 0 Å². The van der Waals surface area contributed by atoms with Crippen molar-refractivity contribution >= 4 is 11.6 Å². The zero-order valence-corrected chi connectivity index (χ0v) is 18.3. The standard InChI is InChI=1S/C24H31N3O4/c1-30-18-9-10-23(31-2)19(16-18)20-7-5-11-27(20)24(29)17-25-12-14-26(15-13-25)21-6-3-4-8-22(21)28/h3-4,6,8-10,16,20,28H,5,7,11-15,17H2,1-2H3/p+1/t20-/m0/s1. The van der Waals surface area contributed by atoms with Crippen LogP contribution >= 0.6 is 0 Å². The zero-order chi connectivity index (χ0) is 21.8. The van der Waals surface area contributed by atoms with Gasteiger partial charge in [-0.3, -0.25) is 4.79 Å². The second-order valence-corrected chi connectivity index (χ2v) is 8.26. The zero-order valence-electron chi connectivity index (χ0n) is 18.3. The SMILES string of the molecule is COc1ccc(OC)c([C@@H]2CCCN2C(=O)C[NH+]2CCN(c3ccccc3O)CC2)c1. The van der Waals surface area contributed by atoms with E-state index in [1.165, 1.54) is 4.90 Å². The Morgan fingerprint density at radius 1 is 1.10 bits per heavy atom. The number of hydrogen-bond acceptors (Lipinski definition) is 5. The number of benzene rings is 2. The van der Waals surface area contributed by atoms with Crippen LogP contribution in [0.5, 0.6) is 17.2 Å². The Bertz CT molecular complexity index is 911. The summed E-state index contributed by atoms with van der Waals surface area (Å²) in [6.07, 6.45) is 1.93. The molecule has 2 aromatic rings. The first-order valence-electron chi connectivity index (χ1n) is 11.0. The van der Waals surface area contributed by atoms with Gasteiger partial charge in [-0.05, 0) is 43.2 Å². The molecule has 7 nitrogen and oxygen atoms in total. The molecular formula is C24H32N3O4+. The van der Waals surface area contributed by atoms with Crippen LogP contribution in [0.3, 0.4) is 0 Å². The number of phenols is 1. The number of aromatic hydroxyl groups is 1. The van der Waals surface area contributed by atoms with E-state index in [1.54, 1.807) is 20.3 Å². The summed E-state index contributed by atoms with van der Waals surface area (Å²) in [5, 5.41) is 10.1. The maximum Gasteiger partial charge on any atom is 0.278 e. The monoisotopic (exact) mass is 426 g/mol. The molecular weight excluding hydrogens is 394 g/mol. The van der Waals surface area contributed by atoms with E-state index in [0.29, 0.717) is 12.3 Å². The predicted octanol–water partition coefficient (Wildman–Crippen LogP) is 1.48. The van der Waals surface area contributed by atoms with Gasteiger partial charge in [-0.25, -0.2) is 0 Å². The van der Waals surface area contributed by atoms with Crippen molar-refractivity contribution in [3.8, 4) is 17.2 Å². The van der Waals surface area contributed by atoms with Gasteiger partial charge in [0.25, 0.3) is 5.91 Å². The molecule has 31 heavy (non-hydrogen) atoms. The Kier molecular flexibility index (Phi) is 6.51. The quantitative estimate of drug-likeness (QED) is 0.733. The summed E-state index contributed by atoms with van der Waals surface area (Å²) in [4.78, 5) is 18.7. The molecule has 2 fully saturated rings. The molecule has 2 aliphatic heterocycles. The van der Waals surface area contributed by atoms with E-state index in [2.05, 4.69) is 4.90 Å². The van der Waals surface area contributed by atoms with Crippen LogP contribution in [0, 0.1) is 0 Å². The molecule has 2 saturated heterocycles. The second kappa shape index (κ2) is 9.47. The molecule has 0 radical (unpaired) electrons. The Morgan fingerprint density at radius 3 is 2.58 bits per heavy atom. The highest BCUT2D eigenvalue weighted by molar-refractivity contribution is 5.78. The van der Waals surface area contributed by atoms with Crippen LogP contribution in [-0.2, 0) is 4.79 Å². The van der Waals surface area contributed by atoms with E-state index in [0.717, 1.165) is 68.3 Å². The van der Waals surface area contributed by atoms with E-state index in [9.17, 15) is 9.90 Å². The molecule has 4 rings (SSSR count). The van der Waals surface area contributed by atoms with Crippen LogP contribution in [0.2, 0.25) is 0 Å². The second-order valence-electron chi connectivity index (χ2n) is 8.26. The van der Waals surface area contributed by atoms with E-state index < -0.39 is 0 Å². The van der Waals surface area contributed by atoms with Gasteiger partial charge < -0.3 is 29.3 Å². The van der Waals surface area contributed by atoms with Gasteiger partial charge in [-0.2, -0.15) is 0 Å². The fourth-order valence-electron chi connectivity index (χ4n) is 4.78. The molecule has 0 bridgehead atoms. The highest BCUT2D eigenvalue weighted by atomic mass is 16.5. The van der Waals surface area contributed by atoms with Gasteiger partial charge in [0.2, 0.25) is 0 Å². The first-order chi connectivity index (χ1) is 15.1. The van der Waals surface area contributed by atoms with E-state index in [-0.39, 0.29) is 11.9 Å². The molecule has 2 aromatic carbocycles. The molecule has 2 N–H and O–H groups in total. The maximum atomic E-state index is 13.2. The molecule has 0 spiro atoms. The van der Waals surface area contributed by atoms with Gasteiger partial charge in [-0.1, -0.05) is 12.1 Å². The van der Waals surface area contributed by atoms with Crippen molar-refractivity contribution in [3.05, 3.63) is 48.0 Å². The Morgan fingerprint density at radius 2 is 1.87 bits per heavy atom. The summed E-state index contributed by atoms with van der Waals surface area (Å²) in [5.41, 5.74) is 1.89. The molecule has 0 aromatic heterocycles. The van der Waals surface area contributed by atoms with Gasteiger partial charge in [0.15, 0.2) is 6.54 Å². The summed E-state index contributed by atoms with van der Waals surface area (Å²) < 4.78 is 11.0. The van der Waals surface area contributed by atoms with Crippen LogP contribution in [0.25, 0.3) is 0 Å². The van der Waals surface area contributed by atoms with Crippen LogP contribution in [0.4, 0.5) is 5.69 Å². The third-order valence-corrected chi connectivity index (χ3v) is 6.46. The van der Waals surface area contributed by atoms with Gasteiger partial charge in [0.1, 0.15) is 17.2 Å². The summed E-state index contributed by atoms with van der Waals surface area (Å²) in [6, 6.07) is 13.3. The molecule has 0 aliphatic carbocycles. The number of rotatable bonds is 6. The number of ether oxygens (including phenoxy) is 2. The third kappa shape index (κ3) is 4.56. The molecule has 0 saturated carbocycles. The average Bonchev–Trinajstić information content (AvgIpc) is 3.29. The molecule has 7 heteroatoms. The lowest BCUT2D eigenvalue weighted by molar-refractivity contribution is -0.892. The predicted molar refractivity (Wildman–Crippen MR) is 119 cm³/mol. The van der Waals surface area contributed by atoms with Crippen LogP contribution in [0.15, 0.2) is 42.5 Å². The van der Waals surface area contributed by atoms with Crippen molar-refractivity contribution in [1.29, 1.82) is 0 Å². The minimum absolute atomic E-state index is 0.0273. The fraction of sp³-hybridized carbons (Fsp3) is 0.458. The third-order valence-electron chi connectivity index (χ3n) is 6.46. The van der Waals surface area contributed by atoms with Gasteiger partial charge in [-0.15, -0.1) is 0 Å². The van der Waals surface area contributed by atoms with Crippen molar-refractivity contribution in [1.82, 2.24) is 4.90 Å². The number of para-hydroxylation sites is 2. The normalized spacial score (nSPS) is 19.5. The summed E-state index contributed by atoms with van der Waals surface area (Å²) in [5.74, 6) is 2.09. The van der Waals surface area contributed by atoms with Crippen molar-refractivity contribution in [2.24, 2.45) is 0 Å². The van der Waals surface area contributed by atoms with E-state index in [4.69, 9.17) is 9.47 Å². The fourth-order valence-corrected chi connectivity index (χ4v) is 4.78.